The molecule has 2 heterocycles. The summed E-state index contributed by atoms with van der Waals surface area (Å²) in [6.07, 6.45) is 4.27. The number of nitrogens with one attached hydrogen (secondary N) is 1. The molecule has 3 rings (SSSR count). The largest absolute Gasteiger partial charge is 0.481 e. The van der Waals surface area contributed by atoms with Crippen molar-refractivity contribution in [2.75, 3.05) is 25.5 Å². The standard InChI is InChI=1S/C17H25N3O3/c1-18-15-13(3-2-7-19-15)10-20-8-6-14(21)17(11-20,16(22)23)9-12-4-5-12/h2-3,7,12,14,21H,4-6,8-11H2,1H3,(H,18,19)(H,22,23)/t14-,17+/m0/s1. The molecule has 1 aromatic rings. The van der Waals surface area contributed by atoms with Gasteiger partial charge in [0.1, 0.15) is 11.2 Å². The Labute approximate surface area is 136 Å². The molecule has 6 nitrogen and oxygen atoms in total. The Morgan fingerprint density at radius 3 is 2.91 bits per heavy atom. The second kappa shape index (κ2) is 6.45. The van der Waals surface area contributed by atoms with E-state index in [-0.39, 0.29) is 0 Å². The number of carboxylic acid groups (broad SMARTS) is 1. The molecule has 2 aliphatic rings. The van der Waals surface area contributed by atoms with Gasteiger partial charge in [0.05, 0.1) is 6.10 Å². The summed E-state index contributed by atoms with van der Waals surface area (Å²) in [7, 11) is 1.83. The normalized spacial score (nSPS) is 28.5. The summed E-state index contributed by atoms with van der Waals surface area (Å²) < 4.78 is 0. The number of hydrogen-bond donors (Lipinski definition) is 3. The molecular formula is C17H25N3O3. The van der Waals surface area contributed by atoms with E-state index in [2.05, 4.69) is 15.2 Å². The van der Waals surface area contributed by atoms with Gasteiger partial charge in [0.25, 0.3) is 0 Å². The van der Waals surface area contributed by atoms with Crippen LogP contribution in [0.15, 0.2) is 18.3 Å². The first-order chi connectivity index (χ1) is 11.0. The van der Waals surface area contributed by atoms with Crippen LogP contribution in [0.25, 0.3) is 0 Å². The van der Waals surface area contributed by atoms with Gasteiger partial charge in [-0.05, 0) is 24.8 Å². The summed E-state index contributed by atoms with van der Waals surface area (Å²) in [6.45, 7) is 1.76. The Bertz CT molecular complexity index is 576. The predicted molar refractivity (Wildman–Crippen MR) is 87.1 cm³/mol. The van der Waals surface area contributed by atoms with Crippen molar-refractivity contribution < 1.29 is 15.0 Å². The highest BCUT2D eigenvalue weighted by atomic mass is 16.4. The van der Waals surface area contributed by atoms with Crippen LogP contribution in [0.3, 0.4) is 0 Å². The van der Waals surface area contributed by atoms with E-state index in [1.165, 1.54) is 0 Å². The minimum absolute atomic E-state index is 0.401. The third-order valence-electron chi connectivity index (χ3n) is 5.16. The van der Waals surface area contributed by atoms with Crippen molar-refractivity contribution in [3.8, 4) is 0 Å². The van der Waals surface area contributed by atoms with Crippen molar-refractivity contribution in [2.45, 2.75) is 38.3 Å². The molecule has 1 aromatic heterocycles. The lowest BCUT2D eigenvalue weighted by Gasteiger charge is -2.43. The van der Waals surface area contributed by atoms with Gasteiger partial charge in [0, 0.05) is 38.4 Å². The zero-order valence-corrected chi connectivity index (χ0v) is 13.5. The Morgan fingerprint density at radius 1 is 1.48 bits per heavy atom. The first-order valence-electron chi connectivity index (χ1n) is 8.30. The number of hydrogen-bond acceptors (Lipinski definition) is 5. The molecule has 2 fully saturated rings. The minimum Gasteiger partial charge on any atom is -0.481 e. The smallest absolute Gasteiger partial charge is 0.313 e. The van der Waals surface area contributed by atoms with Crippen molar-refractivity contribution in [2.24, 2.45) is 11.3 Å². The number of carbonyl (C=O) groups is 1. The molecule has 0 spiro atoms. The van der Waals surface area contributed by atoms with Crippen molar-refractivity contribution in [3.05, 3.63) is 23.9 Å². The molecule has 0 unspecified atom stereocenters. The molecule has 0 amide bonds. The summed E-state index contributed by atoms with van der Waals surface area (Å²) >= 11 is 0. The summed E-state index contributed by atoms with van der Waals surface area (Å²) in [5, 5.41) is 23.3. The van der Waals surface area contributed by atoms with Gasteiger partial charge in [-0.1, -0.05) is 18.9 Å². The zero-order chi connectivity index (χ0) is 16.4. The van der Waals surface area contributed by atoms with Crippen LogP contribution in [0.1, 0.15) is 31.2 Å². The van der Waals surface area contributed by atoms with Crippen molar-refractivity contribution in [1.82, 2.24) is 9.88 Å². The molecule has 23 heavy (non-hydrogen) atoms. The highest BCUT2D eigenvalue weighted by molar-refractivity contribution is 5.76. The van der Waals surface area contributed by atoms with Crippen LogP contribution in [0.4, 0.5) is 5.82 Å². The average molecular weight is 319 g/mol. The van der Waals surface area contributed by atoms with E-state index >= 15 is 0 Å². The molecule has 1 saturated carbocycles. The van der Waals surface area contributed by atoms with Gasteiger partial charge in [-0.2, -0.15) is 0 Å². The molecular weight excluding hydrogens is 294 g/mol. The summed E-state index contributed by atoms with van der Waals surface area (Å²) in [5.41, 5.74) is 0.0265. The number of aliphatic hydroxyl groups is 1. The van der Waals surface area contributed by atoms with E-state index in [9.17, 15) is 15.0 Å². The zero-order valence-electron chi connectivity index (χ0n) is 13.5. The number of aliphatic hydroxyl groups excluding tert-OH is 1. The SMILES string of the molecule is CNc1ncccc1CN1CC[C@H](O)[C@](CC2CC2)(C(=O)O)C1. The summed E-state index contributed by atoms with van der Waals surface area (Å²) in [6, 6.07) is 3.90. The topological polar surface area (TPSA) is 85.7 Å². The third-order valence-corrected chi connectivity index (χ3v) is 5.16. The van der Waals surface area contributed by atoms with Crippen LogP contribution < -0.4 is 5.32 Å². The van der Waals surface area contributed by atoms with E-state index < -0.39 is 17.5 Å². The molecule has 0 bridgehead atoms. The molecule has 0 radical (unpaired) electrons. The van der Waals surface area contributed by atoms with Crippen LogP contribution in [-0.2, 0) is 11.3 Å². The number of nitrogens with zero attached hydrogens (tertiary/aromatic N) is 2. The van der Waals surface area contributed by atoms with Crippen LogP contribution >= 0.6 is 0 Å². The Morgan fingerprint density at radius 2 is 2.26 bits per heavy atom. The quantitative estimate of drug-likeness (QED) is 0.738. The summed E-state index contributed by atoms with van der Waals surface area (Å²) in [5.74, 6) is 0.426. The van der Waals surface area contributed by atoms with E-state index in [1.807, 2.05) is 19.2 Å². The third kappa shape index (κ3) is 3.33. The fourth-order valence-corrected chi connectivity index (χ4v) is 3.67. The fourth-order valence-electron chi connectivity index (χ4n) is 3.67. The molecule has 1 aliphatic carbocycles. The van der Waals surface area contributed by atoms with Gasteiger partial charge in [0.15, 0.2) is 0 Å². The lowest BCUT2D eigenvalue weighted by atomic mass is 9.73. The second-order valence-electron chi connectivity index (χ2n) is 6.89. The van der Waals surface area contributed by atoms with Crippen LogP contribution in [0.5, 0.6) is 0 Å². The number of aliphatic carboxylic acids is 1. The van der Waals surface area contributed by atoms with Crippen molar-refractivity contribution in [1.29, 1.82) is 0 Å². The average Bonchev–Trinajstić information content (AvgIpc) is 3.35. The van der Waals surface area contributed by atoms with Crippen molar-refractivity contribution >= 4 is 11.8 Å². The number of carboxylic acids is 1. The van der Waals surface area contributed by atoms with Gasteiger partial charge >= 0.3 is 5.97 Å². The molecule has 2 atom stereocenters. The van der Waals surface area contributed by atoms with Gasteiger partial charge in [-0.3, -0.25) is 9.69 Å². The first kappa shape index (κ1) is 16.2. The van der Waals surface area contributed by atoms with Crippen molar-refractivity contribution in [3.63, 3.8) is 0 Å². The number of anilines is 1. The monoisotopic (exact) mass is 319 g/mol. The lowest BCUT2D eigenvalue weighted by molar-refractivity contribution is -0.165. The molecule has 1 saturated heterocycles. The number of aromatic nitrogens is 1. The number of likely N-dealkylation sites (tertiary alicyclic amines) is 1. The molecule has 0 aromatic carbocycles. The Balaban J connectivity index is 1.77. The van der Waals surface area contributed by atoms with Gasteiger partial charge in [0.2, 0.25) is 0 Å². The van der Waals surface area contributed by atoms with E-state index in [0.29, 0.717) is 38.4 Å². The Kier molecular flexibility index (Phi) is 4.55. The molecule has 126 valence electrons. The molecule has 3 N–H and O–H groups in total. The van der Waals surface area contributed by atoms with Gasteiger partial charge < -0.3 is 15.5 Å². The second-order valence-corrected chi connectivity index (χ2v) is 6.89. The summed E-state index contributed by atoms with van der Waals surface area (Å²) in [4.78, 5) is 18.4. The van der Waals surface area contributed by atoms with Crippen LogP contribution in [-0.4, -0.2) is 52.3 Å². The predicted octanol–water partition coefficient (Wildman–Crippen LogP) is 1.56. The highest BCUT2D eigenvalue weighted by Gasteiger charge is 2.51. The molecule has 1 aliphatic heterocycles. The minimum atomic E-state index is -1.03. The van der Waals surface area contributed by atoms with E-state index in [1.54, 1.807) is 6.20 Å². The maximum absolute atomic E-state index is 12.0. The van der Waals surface area contributed by atoms with Crippen LogP contribution in [0, 0.1) is 11.3 Å². The van der Waals surface area contributed by atoms with Crippen LogP contribution in [0.2, 0.25) is 0 Å². The van der Waals surface area contributed by atoms with E-state index in [0.717, 1.165) is 24.2 Å². The molecule has 6 heteroatoms. The van der Waals surface area contributed by atoms with E-state index in [4.69, 9.17) is 0 Å². The van der Waals surface area contributed by atoms with Gasteiger partial charge in [-0.15, -0.1) is 0 Å². The number of piperidine rings is 1. The maximum Gasteiger partial charge on any atom is 0.313 e. The Hall–Kier alpha value is -1.66. The highest BCUT2D eigenvalue weighted by Crippen LogP contribution is 2.45. The lowest BCUT2D eigenvalue weighted by Crippen LogP contribution is -2.56. The first-order valence-corrected chi connectivity index (χ1v) is 8.30. The maximum atomic E-state index is 12.0. The van der Waals surface area contributed by atoms with Gasteiger partial charge in [-0.25, -0.2) is 4.98 Å². The number of rotatable bonds is 6. The number of pyridine rings is 1. The fraction of sp³-hybridized carbons (Fsp3) is 0.647.